The second kappa shape index (κ2) is 3.62. The van der Waals surface area contributed by atoms with E-state index < -0.39 is 0 Å². The SMILES string of the molecule is O=C1c2ccccc2C(=O)c2cc3sccc3cc21. The summed E-state index contributed by atoms with van der Waals surface area (Å²) in [6.07, 6.45) is 0. The number of rotatable bonds is 0. The smallest absolute Gasteiger partial charge is 0.194 e. The fourth-order valence-corrected chi connectivity index (χ4v) is 3.36. The minimum absolute atomic E-state index is 0.0551. The number of carbonyl (C=O) groups excluding carboxylic acids is 2. The molecule has 1 aliphatic rings. The third kappa shape index (κ3) is 1.36. The quantitative estimate of drug-likeness (QED) is 0.485. The Kier molecular flexibility index (Phi) is 2.03. The van der Waals surface area contributed by atoms with Crippen LogP contribution in [0.4, 0.5) is 0 Å². The Morgan fingerprint density at radius 3 is 2.05 bits per heavy atom. The first kappa shape index (κ1) is 10.6. The van der Waals surface area contributed by atoms with Crippen molar-refractivity contribution >= 4 is 33.0 Å². The van der Waals surface area contributed by atoms with Crippen molar-refractivity contribution in [2.45, 2.75) is 0 Å². The zero-order valence-corrected chi connectivity index (χ0v) is 10.7. The highest BCUT2D eigenvalue weighted by Gasteiger charge is 2.29. The van der Waals surface area contributed by atoms with Gasteiger partial charge >= 0.3 is 0 Å². The first-order valence-electron chi connectivity index (χ1n) is 5.95. The largest absolute Gasteiger partial charge is 0.289 e. The molecule has 0 atom stereocenters. The Morgan fingerprint density at radius 1 is 0.737 bits per heavy atom. The summed E-state index contributed by atoms with van der Waals surface area (Å²) >= 11 is 1.58. The number of thiophene rings is 1. The lowest BCUT2D eigenvalue weighted by molar-refractivity contribution is 0.0979. The van der Waals surface area contributed by atoms with Crippen LogP contribution < -0.4 is 0 Å². The molecule has 3 heteroatoms. The maximum atomic E-state index is 12.5. The van der Waals surface area contributed by atoms with Crippen LogP contribution in [0.1, 0.15) is 31.8 Å². The van der Waals surface area contributed by atoms with Gasteiger partial charge in [-0.2, -0.15) is 0 Å². The lowest BCUT2D eigenvalue weighted by atomic mass is 9.84. The van der Waals surface area contributed by atoms with Crippen molar-refractivity contribution in [1.29, 1.82) is 0 Å². The summed E-state index contributed by atoms with van der Waals surface area (Å²) in [6, 6.07) is 12.7. The van der Waals surface area contributed by atoms with Crippen LogP contribution in [0.2, 0.25) is 0 Å². The molecule has 0 saturated carbocycles. The van der Waals surface area contributed by atoms with Crippen LogP contribution in [0.15, 0.2) is 47.8 Å². The highest BCUT2D eigenvalue weighted by Crippen LogP contribution is 2.32. The van der Waals surface area contributed by atoms with Crippen LogP contribution >= 0.6 is 11.3 Å². The summed E-state index contributed by atoms with van der Waals surface area (Å²) < 4.78 is 1.04. The van der Waals surface area contributed by atoms with Crippen LogP contribution in [-0.2, 0) is 0 Å². The summed E-state index contributed by atoms with van der Waals surface area (Å²) in [7, 11) is 0. The van der Waals surface area contributed by atoms with Crippen LogP contribution in [0, 0.1) is 0 Å². The molecule has 1 heterocycles. The average Bonchev–Trinajstić information content (AvgIpc) is 2.90. The summed E-state index contributed by atoms with van der Waals surface area (Å²) in [5.74, 6) is -0.112. The number of carbonyl (C=O) groups is 2. The summed E-state index contributed by atoms with van der Waals surface area (Å²) in [5, 5.41) is 2.99. The van der Waals surface area contributed by atoms with Crippen LogP contribution in [0.25, 0.3) is 10.1 Å². The molecular formula is C16H8O2S. The topological polar surface area (TPSA) is 34.1 Å². The molecule has 1 aliphatic carbocycles. The Balaban J connectivity index is 2.09. The Morgan fingerprint density at radius 2 is 1.37 bits per heavy atom. The molecule has 90 valence electrons. The van der Waals surface area contributed by atoms with Gasteiger partial charge in [-0.3, -0.25) is 9.59 Å². The second-order valence-corrected chi connectivity index (χ2v) is 5.51. The van der Waals surface area contributed by atoms with Crippen molar-refractivity contribution in [3.05, 3.63) is 70.1 Å². The maximum absolute atomic E-state index is 12.5. The molecule has 0 N–H and O–H groups in total. The lowest BCUT2D eigenvalue weighted by Gasteiger charge is -2.17. The van der Waals surface area contributed by atoms with Gasteiger partial charge in [-0.25, -0.2) is 0 Å². The van der Waals surface area contributed by atoms with Crippen molar-refractivity contribution in [2.24, 2.45) is 0 Å². The molecule has 0 unspecified atom stereocenters. The zero-order valence-electron chi connectivity index (χ0n) is 9.84. The molecule has 19 heavy (non-hydrogen) atoms. The van der Waals surface area contributed by atoms with Gasteiger partial charge in [0.15, 0.2) is 11.6 Å². The molecule has 0 fully saturated rings. The van der Waals surface area contributed by atoms with E-state index in [1.807, 2.05) is 23.6 Å². The molecule has 0 radical (unpaired) electrons. The molecular weight excluding hydrogens is 256 g/mol. The summed E-state index contributed by atoms with van der Waals surface area (Å²) in [6.45, 7) is 0. The fourth-order valence-electron chi connectivity index (χ4n) is 2.55. The molecule has 0 bridgehead atoms. The first-order valence-corrected chi connectivity index (χ1v) is 6.83. The van der Waals surface area contributed by atoms with Gasteiger partial charge in [0.25, 0.3) is 0 Å². The van der Waals surface area contributed by atoms with E-state index in [1.165, 1.54) is 0 Å². The third-order valence-electron chi connectivity index (χ3n) is 3.50. The van der Waals surface area contributed by atoms with E-state index in [1.54, 1.807) is 35.6 Å². The normalized spacial score (nSPS) is 13.5. The molecule has 3 aromatic rings. The highest BCUT2D eigenvalue weighted by molar-refractivity contribution is 7.17. The number of ketones is 2. The minimum Gasteiger partial charge on any atom is -0.289 e. The second-order valence-electron chi connectivity index (χ2n) is 4.56. The Hall–Kier alpha value is -2.26. The number of hydrogen-bond donors (Lipinski definition) is 0. The van der Waals surface area contributed by atoms with Gasteiger partial charge in [0.05, 0.1) is 0 Å². The number of hydrogen-bond acceptors (Lipinski definition) is 3. The van der Waals surface area contributed by atoms with Crippen molar-refractivity contribution < 1.29 is 9.59 Å². The molecule has 0 amide bonds. The van der Waals surface area contributed by atoms with Gasteiger partial charge in [0, 0.05) is 27.0 Å². The number of fused-ring (bicyclic) bond motifs is 3. The molecule has 0 saturated heterocycles. The molecule has 0 aliphatic heterocycles. The van der Waals surface area contributed by atoms with Crippen molar-refractivity contribution in [3.63, 3.8) is 0 Å². The maximum Gasteiger partial charge on any atom is 0.194 e. The van der Waals surface area contributed by atoms with Gasteiger partial charge in [-0.15, -0.1) is 11.3 Å². The molecule has 1 aromatic heterocycles. The van der Waals surface area contributed by atoms with Crippen LogP contribution in [0.5, 0.6) is 0 Å². The van der Waals surface area contributed by atoms with Crippen molar-refractivity contribution in [3.8, 4) is 0 Å². The zero-order chi connectivity index (χ0) is 13.0. The van der Waals surface area contributed by atoms with E-state index in [2.05, 4.69) is 0 Å². The summed E-state index contributed by atoms with van der Waals surface area (Å²) in [5.41, 5.74) is 2.07. The molecule has 2 nitrogen and oxygen atoms in total. The lowest BCUT2D eigenvalue weighted by Crippen LogP contribution is -2.20. The monoisotopic (exact) mass is 264 g/mol. The summed E-state index contributed by atoms with van der Waals surface area (Å²) in [4.78, 5) is 24.9. The van der Waals surface area contributed by atoms with Gasteiger partial charge in [0.1, 0.15) is 0 Å². The highest BCUT2D eigenvalue weighted by atomic mass is 32.1. The molecule has 0 spiro atoms. The van der Waals surface area contributed by atoms with Crippen LogP contribution in [0.3, 0.4) is 0 Å². The standard InChI is InChI=1S/C16H8O2S/c17-15-10-3-1-2-4-11(10)16(18)13-8-14-9(5-6-19-14)7-12(13)15/h1-8H. The Bertz CT molecular complexity index is 789. The third-order valence-corrected chi connectivity index (χ3v) is 4.38. The van der Waals surface area contributed by atoms with E-state index in [0.29, 0.717) is 22.3 Å². The average molecular weight is 264 g/mol. The predicted molar refractivity (Wildman–Crippen MR) is 75.1 cm³/mol. The molecule has 2 aromatic carbocycles. The van der Waals surface area contributed by atoms with Gasteiger partial charge < -0.3 is 0 Å². The van der Waals surface area contributed by atoms with Gasteiger partial charge in [-0.05, 0) is 29.0 Å². The Labute approximate surface area is 113 Å². The molecule has 4 rings (SSSR count). The van der Waals surface area contributed by atoms with Crippen LogP contribution in [-0.4, -0.2) is 11.6 Å². The predicted octanol–water partition coefficient (Wildman–Crippen LogP) is 3.68. The van der Waals surface area contributed by atoms with Gasteiger partial charge in [0.2, 0.25) is 0 Å². The van der Waals surface area contributed by atoms with Crippen molar-refractivity contribution in [1.82, 2.24) is 0 Å². The van der Waals surface area contributed by atoms with Gasteiger partial charge in [-0.1, -0.05) is 24.3 Å². The fraction of sp³-hybridized carbons (Fsp3) is 0. The van der Waals surface area contributed by atoms with Crippen molar-refractivity contribution in [2.75, 3.05) is 0 Å². The minimum atomic E-state index is -0.0571. The van der Waals surface area contributed by atoms with E-state index >= 15 is 0 Å². The van der Waals surface area contributed by atoms with E-state index in [4.69, 9.17) is 0 Å². The number of benzene rings is 2. The first-order chi connectivity index (χ1) is 9.25. The van der Waals surface area contributed by atoms with E-state index in [0.717, 1.165) is 10.1 Å². The van der Waals surface area contributed by atoms with E-state index in [9.17, 15) is 9.59 Å². The van der Waals surface area contributed by atoms with E-state index in [-0.39, 0.29) is 11.6 Å².